The lowest BCUT2D eigenvalue weighted by molar-refractivity contribution is -0.141. The van der Waals surface area contributed by atoms with Gasteiger partial charge in [-0.05, 0) is 11.6 Å². The third-order valence-corrected chi connectivity index (χ3v) is 3.77. The minimum atomic E-state index is -1.03. The quantitative estimate of drug-likeness (QED) is 0.630. The highest BCUT2D eigenvalue weighted by molar-refractivity contribution is 6.09. The zero-order valence-corrected chi connectivity index (χ0v) is 14.3. The number of nitrogens with two attached hydrogens (primary N) is 1. The van der Waals surface area contributed by atoms with E-state index < -0.39 is 12.1 Å². The zero-order chi connectivity index (χ0) is 18.9. The number of aliphatic carboxylic acids is 1. The molecule has 0 heterocycles. The van der Waals surface area contributed by atoms with Crippen LogP contribution in [0.1, 0.15) is 27.9 Å². The van der Waals surface area contributed by atoms with Crippen LogP contribution in [-0.2, 0) is 20.7 Å². The van der Waals surface area contributed by atoms with Gasteiger partial charge in [-0.25, -0.2) is 0 Å². The number of hydrogen-bond acceptors (Lipinski definition) is 5. The predicted octanol–water partition coefficient (Wildman–Crippen LogP) is 1.85. The number of ketones is 2. The second-order valence-electron chi connectivity index (χ2n) is 5.88. The van der Waals surface area contributed by atoms with Crippen molar-refractivity contribution >= 4 is 17.5 Å². The molecule has 136 valence electrons. The molecule has 0 radical (unpaired) electrons. The summed E-state index contributed by atoms with van der Waals surface area (Å²) in [4.78, 5) is 35.2. The van der Waals surface area contributed by atoms with Gasteiger partial charge in [0.25, 0.3) is 0 Å². The summed E-state index contributed by atoms with van der Waals surface area (Å²) < 4.78 is 5.26. The van der Waals surface area contributed by atoms with Gasteiger partial charge in [0.1, 0.15) is 6.61 Å². The third kappa shape index (κ3) is 5.91. The molecular formula is C20H21NO5. The van der Waals surface area contributed by atoms with Crippen LogP contribution in [0, 0.1) is 0 Å². The maximum absolute atomic E-state index is 12.5. The van der Waals surface area contributed by atoms with Gasteiger partial charge in [-0.15, -0.1) is 0 Å². The number of ether oxygens (including phenoxy) is 1. The lowest BCUT2D eigenvalue weighted by atomic mass is 9.99. The van der Waals surface area contributed by atoms with E-state index in [0.29, 0.717) is 16.7 Å². The van der Waals surface area contributed by atoms with Crippen molar-refractivity contribution in [3.63, 3.8) is 0 Å². The number of benzene rings is 2. The zero-order valence-electron chi connectivity index (χ0n) is 14.3. The minimum Gasteiger partial charge on any atom is -0.481 e. The first kappa shape index (κ1) is 19.5. The van der Waals surface area contributed by atoms with Crippen molar-refractivity contribution in [3.8, 4) is 0 Å². The number of hydrogen-bond donors (Lipinski definition) is 2. The number of carboxylic acid groups (broad SMARTS) is 1. The summed E-state index contributed by atoms with van der Waals surface area (Å²) in [6.07, 6.45) is -0.840. The summed E-state index contributed by atoms with van der Waals surface area (Å²) >= 11 is 0. The number of rotatable bonds is 10. The van der Waals surface area contributed by atoms with Crippen LogP contribution < -0.4 is 5.73 Å². The van der Waals surface area contributed by atoms with Crippen molar-refractivity contribution in [1.82, 2.24) is 0 Å². The van der Waals surface area contributed by atoms with Crippen LogP contribution in [0.4, 0.5) is 0 Å². The second-order valence-corrected chi connectivity index (χ2v) is 5.88. The van der Waals surface area contributed by atoms with Crippen molar-refractivity contribution in [2.24, 2.45) is 5.73 Å². The summed E-state index contributed by atoms with van der Waals surface area (Å²) in [5, 5.41) is 8.74. The largest absolute Gasteiger partial charge is 0.481 e. The van der Waals surface area contributed by atoms with Crippen molar-refractivity contribution in [2.75, 3.05) is 13.2 Å². The maximum Gasteiger partial charge on any atom is 0.306 e. The Labute approximate surface area is 151 Å². The molecule has 0 fully saturated rings. The first-order valence-corrected chi connectivity index (χ1v) is 8.23. The molecule has 1 atom stereocenters. The standard InChI is InChI=1S/C20H21NO5/c21-12-18(11-19(23)24)26-13-17(22)10-14-5-4-8-16(9-14)20(25)15-6-2-1-3-7-15/h1-9,18H,10-13,21H2,(H,23,24). The van der Waals surface area contributed by atoms with E-state index in [2.05, 4.69) is 0 Å². The van der Waals surface area contributed by atoms with Crippen LogP contribution in [0.25, 0.3) is 0 Å². The summed E-state index contributed by atoms with van der Waals surface area (Å²) in [7, 11) is 0. The Morgan fingerprint density at radius 2 is 1.69 bits per heavy atom. The molecule has 6 heteroatoms. The normalized spacial score (nSPS) is 11.7. The molecule has 26 heavy (non-hydrogen) atoms. The number of carbonyl (C=O) groups is 3. The van der Waals surface area contributed by atoms with E-state index in [0.717, 1.165) is 0 Å². The molecule has 3 N–H and O–H groups in total. The third-order valence-electron chi connectivity index (χ3n) is 3.77. The van der Waals surface area contributed by atoms with Crippen molar-refractivity contribution in [3.05, 3.63) is 71.3 Å². The van der Waals surface area contributed by atoms with Crippen LogP contribution in [0.2, 0.25) is 0 Å². The van der Waals surface area contributed by atoms with Crippen molar-refractivity contribution in [2.45, 2.75) is 18.9 Å². The van der Waals surface area contributed by atoms with E-state index in [1.807, 2.05) is 6.07 Å². The van der Waals surface area contributed by atoms with Crippen LogP contribution in [0.3, 0.4) is 0 Å². The monoisotopic (exact) mass is 355 g/mol. The fraction of sp³-hybridized carbons (Fsp3) is 0.250. The average Bonchev–Trinajstić information content (AvgIpc) is 2.65. The molecule has 0 aliphatic heterocycles. The van der Waals surface area contributed by atoms with Gasteiger partial charge in [0.15, 0.2) is 11.6 Å². The Morgan fingerprint density at radius 1 is 1.00 bits per heavy atom. The predicted molar refractivity (Wildman–Crippen MR) is 96.1 cm³/mol. The maximum atomic E-state index is 12.5. The molecule has 0 aliphatic rings. The number of carbonyl (C=O) groups excluding carboxylic acids is 2. The van der Waals surface area contributed by atoms with Crippen LogP contribution in [0.5, 0.6) is 0 Å². The fourth-order valence-electron chi connectivity index (χ4n) is 2.47. The van der Waals surface area contributed by atoms with Gasteiger partial charge in [-0.1, -0.05) is 48.5 Å². The molecule has 0 spiro atoms. The van der Waals surface area contributed by atoms with Gasteiger partial charge >= 0.3 is 5.97 Å². The Morgan fingerprint density at radius 3 is 2.35 bits per heavy atom. The van der Waals surface area contributed by atoms with Crippen LogP contribution in [-0.4, -0.2) is 41.9 Å². The number of carboxylic acids is 1. The molecular weight excluding hydrogens is 334 g/mol. The van der Waals surface area contributed by atoms with E-state index in [1.54, 1.807) is 48.5 Å². The van der Waals surface area contributed by atoms with Gasteiger partial charge in [-0.2, -0.15) is 0 Å². The van der Waals surface area contributed by atoms with E-state index >= 15 is 0 Å². The van der Waals surface area contributed by atoms with E-state index in [-0.39, 0.29) is 37.6 Å². The van der Waals surface area contributed by atoms with Crippen LogP contribution in [0.15, 0.2) is 54.6 Å². The second kappa shape index (κ2) is 9.60. The Balaban J connectivity index is 1.96. The van der Waals surface area contributed by atoms with E-state index in [9.17, 15) is 14.4 Å². The molecule has 0 saturated carbocycles. The Kier molecular flexibility index (Phi) is 7.20. The summed E-state index contributed by atoms with van der Waals surface area (Å²) in [5.41, 5.74) is 7.22. The van der Waals surface area contributed by atoms with Gasteiger partial charge < -0.3 is 15.6 Å². The summed E-state index contributed by atoms with van der Waals surface area (Å²) in [6.45, 7) is -0.188. The van der Waals surface area contributed by atoms with Gasteiger partial charge in [0.05, 0.1) is 12.5 Å². The van der Waals surface area contributed by atoms with Crippen molar-refractivity contribution in [1.29, 1.82) is 0 Å². The molecule has 0 aliphatic carbocycles. The average molecular weight is 355 g/mol. The van der Waals surface area contributed by atoms with Gasteiger partial charge in [0.2, 0.25) is 0 Å². The Hall–Kier alpha value is -2.83. The molecule has 0 aromatic heterocycles. The number of Topliss-reactive ketones (excluding diaryl/α,β-unsaturated/α-hetero) is 1. The first-order chi connectivity index (χ1) is 12.5. The summed E-state index contributed by atoms with van der Waals surface area (Å²) in [5.74, 6) is -1.35. The molecule has 6 nitrogen and oxygen atoms in total. The van der Waals surface area contributed by atoms with E-state index in [4.69, 9.17) is 15.6 Å². The minimum absolute atomic E-state index is 0.0284. The van der Waals surface area contributed by atoms with Gasteiger partial charge in [0, 0.05) is 24.1 Å². The highest BCUT2D eigenvalue weighted by Crippen LogP contribution is 2.12. The Bertz CT molecular complexity index is 773. The SMILES string of the molecule is NCC(CC(=O)O)OCC(=O)Cc1cccc(C(=O)c2ccccc2)c1. The van der Waals surface area contributed by atoms with E-state index in [1.165, 1.54) is 0 Å². The smallest absolute Gasteiger partial charge is 0.306 e. The molecule has 1 unspecified atom stereocenters. The molecule has 0 amide bonds. The van der Waals surface area contributed by atoms with Crippen LogP contribution >= 0.6 is 0 Å². The molecule has 0 saturated heterocycles. The first-order valence-electron chi connectivity index (χ1n) is 8.23. The fourth-order valence-corrected chi connectivity index (χ4v) is 2.47. The highest BCUT2D eigenvalue weighted by Gasteiger charge is 2.15. The lowest BCUT2D eigenvalue weighted by Crippen LogP contribution is -2.29. The molecule has 2 aromatic carbocycles. The van der Waals surface area contributed by atoms with Crippen molar-refractivity contribution < 1.29 is 24.2 Å². The topological polar surface area (TPSA) is 107 Å². The molecule has 0 bridgehead atoms. The highest BCUT2D eigenvalue weighted by atomic mass is 16.5. The van der Waals surface area contributed by atoms with Gasteiger partial charge in [-0.3, -0.25) is 14.4 Å². The molecule has 2 aromatic rings. The lowest BCUT2D eigenvalue weighted by Gasteiger charge is -2.13. The molecule has 2 rings (SSSR count). The summed E-state index contributed by atoms with van der Waals surface area (Å²) in [6, 6.07) is 15.8.